The molecule has 0 aromatic heterocycles. The minimum atomic E-state index is -0.338. The van der Waals surface area contributed by atoms with Crippen molar-refractivity contribution in [3.63, 3.8) is 0 Å². The zero-order chi connectivity index (χ0) is 16.9. The van der Waals surface area contributed by atoms with Gasteiger partial charge in [0.25, 0.3) is 0 Å². The predicted molar refractivity (Wildman–Crippen MR) is 92.3 cm³/mol. The number of methoxy groups -OCH3 is 1. The van der Waals surface area contributed by atoms with Gasteiger partial charge in [0.1, 0.15) is 12.2 Å². The van der Waals surface area contributed by atoms with Gasteiger partial charge in [-0.15, -0.1) is 0 Å². The molecule has 1 N–H and O–H groups in total. The fourth-order valence-corrected chi connectivity index (χ4v) is 2.76. The first-order valence-electron chi connectivity index (χ1n) is 9.26. The molecule has 1 aliphatic heterocycles. The molecule has 0 bridgehead atoms. The molecule has 0 amide bonds. The fourth-order valence-electron chi connectivity index (χ4n) is 2.76. The molecule has 4 heteroatoms. The van der Waals surface area contributed by atoms with Crippen molar-refractivity contribution in [2.45, 2.75) is 95.9 Å². The van der Waals surface area contributed by atoms with E-state index in [-0.39, 0.29) is 24.3 Å². The Hall–Kier alpha value is -0.870. The Kier molecular flexibility index (Phi) is 11.0. The number of hydrogen-bond acceptors (Lipinski definition) is 4. The Morgan fingerprint density at radius 2 is 1.91 bits per heavy atom. The van der Waals surface area contributed by atoms with Gasteiger partial charge in [0.15, 0.2) is 0 Å². The summed E-state index contributed by atoms with van der Waals surface area (Å²) in [5.41, 5.74) is 0. The van der Waals surface area contributed by atoms with Gasteiger partial charge in [-0.3, -0.25) is 4.79 Å². The van der Waals surface area contributed by atoms with Crippen LogP contribution < -0.4 is 0 Å². The summed E-state index contributed by atoms with van der Waals surface area (Å²) in [6.45, 7) is 2.21. The van der Waals surface area contributed by atoms with Gasteiger partial charge in [-0.1, -0.05) is 57.6 Å². The zero-order valence-electron chi connectivity index (χ0n) is 14.8. The van der Waals surface area contributed by atoms with Crippen molar-refractivity contribution >= 4 is 5.97 Å². The third-order valence-electron chi connectivity index (χ3n) is 4.35. The maximum absolute atomic E-state index is 11.0. The molecule has 0 radical (unpaired) electrons. The first kappa shape index (κ1) is 20.2. The van der Waals surface area contributed by atoms with Crippen LogP contribution in [0.4, 0.5) is 0 Å². The van der Waals surface area contributed by atoms with E-state index in [1.54, 1.807) is 0 Å². The zero-order valence-corrected chi connectivity index (χ0v) is 14.8. The summed E-state index contributed by atoms with van der Waals surface area (Å²) >= 11 is 0. The van der Waals surface area contributed by atoms with Gasteiger partial charge in [0, 0.05) is 6.42 Å². The van der Waals surface area contributed by atoms with Crippen LogP contribution in [0.2, 0.25) is 0 Å². The number of aliphatic hydroxyl groups is 1. The molecule has 23 heavy (non-hydrogen) atoms. The molecule has 0 unspecified atom stereocenters. The smallest absolute Gasteiger partial charge is 0.305 e. The number of carbonyl (C=O) groups excluding carboxylic acids is 1. The van der Waals surface area contributed by atoms with Gasteiger partial charge in [-0.05, 0) is 25.7 Å². The molecule has 4 nitrogen and oxygen atoms in total. The van der Waals surface area contributed by atoms with Gasteiger partial charge in [0.2, 0.25) is 0 Å². The molecule has 0 aliphatic carbocycles. The van der Waals surface area contributed by atoms with Crippen molar-refractivity contribution in [1.29, 1.82) is 0 Å². The Bertz CT molecular complexity index is 340. The van der Waals surface area contributed by atoms with Crippen LogP contribution in [-0.2, 0) is 14.3 Å². The van der Waals surface area contributed by atoms with Crippen LogP contribution in [0.1, 0.15) is 77.6 Å². The molecule has 1 saturated heterocycles. The molecule has 1 fully saturated rings. The van der Waals surface area contributed by atoms with Crippen molar-refractivity contribution in [1.82, 2.24) is 0 Å². The van der Waals surface area contributed by atoms with E-state index in [1.165, 1.54) is 26.4 Å². The number of carbonyl (C=O) groups is 1. The maximum atomic E-state index is 11.0. The summed E-state index contributed by atoms with van der Waals surface area (Å²) in [5, 5.41) is 10.1. The quantitative estimate of drug-likeness (QED) is 0.225. The third kappa shape index (κ3) is 9.77. The number of epoxide rings is 1. The standard InChI is InChI=1S/C19H34O4/c1-3-4-5-7-11-14-17-19(23-17)16(20)13-10-8-6-9-12-15-18(21)22-2/h11,14,16-17,19-20H,3-10,12-13,15H2,1-2H3/b14-11-/t16-,17-,19+/m1/s1. The lowest BCUT2D eigenvalue weighted by atomic mass is 10.0. The summed E-state index contributed by atoms with van der Waals surface area (Å²) < 4.78 is 10.1. The number of hydrogen-bond donors (Lipinski definition) is 1. The van der Waals surface area contributed by atoms with Gasteiger partial charge < -0.3 is 14.6 Å². The van der Waals surface area contributed by atoms with E-state index in [0.29, 0.717) is 6.42 Å². The van der Waals surface area contributed by atoms with Gasteiger partial charge in [0.05, 0.1) is 13.2 Å². The monoisotopic (exact) mass is 326 g/mol. The number of allylic oxidation sites excluding steroid dienone is 1. The Balaban J connectivity index is 1.93. The second-order valence-corrected chi connectivity index (χ2v) is 6.44. The van der Waals surface area contributed by atoms with Gasteiger partial charge in [-0.2, -0.15) is 0 Å². The van der Waals surface area contributed by atoms with Crippen LogP contribution in [-0.4, -0.2) is 36.5 Å². The second kappa shape index (κ2) is 12.5. The van der Waals surface area contributed by atoms with E-state index < -0.39 is 0 Å². The molecular formula is C19H34O4. The number of ether oxygens (including phenoxy) is 2. The molecule has 1 aliphatic rings. The molecule has 0 aromatic carbocycles. The van der Waals surface area contributed by atoms with Crippen LogP contribution in [0.3, 0.4) is 0 Å². The molecule has 3 atom stereocenters. The maximum Gasteiger partial charge on any atom is 0.305 e. The third-order valence-corrected chi connectivity index (χ3v) is 4.35. The van der Waals surface area contributed by atoms with Crippen molar-refractivity contribution in [2.24, 2.45) is 0 Å². The van der Waals surface area contributed by atoms with Crippen LogP contribution in [0.15, 0.2) is 12.2 Å². The first-order chi connectivity index (χ1) is 11.2. The van der Waals surface area contributed by atoms with E-state index >= 15 is 0 Å². The Labute approximate surface area is 141 Å². The molecular weight excluding hydrogens is 292 g/mol. The highest BCUT2D eigenvalue weighted by molar-refractivity contribution is 5.68. The van der Waals surface area contributed by atoms with E-state index in [0.717, 1.165) is 44.9 Å². The average Bonchev–Trinajstić information content (AvgIpc) is 3.33. The molecule has 0 spiro atoms. The van der Waals surface area contributed by atoms with Crippen LogP contribution in [0.5, 0.6) is 0 Å². The fraction of sp³-hybridized carbons (Fsp3) is 0.842. The minimum absolute atomic E-state index is 0.0109. The van der Waals surface area contributed by atoms with E-state index in [9.17, 15) is 9.90 Å². The van der Waals surface area contributed by atoms with Crippen LogP contribution in [0.25, 0.3) is 0 Å². The summed E-state index contributed by atoms with van der Waals surface area (Å²) in [5.74, 6) is -0.125. The summed E-state index contributed by atoms with van der Waals surface area (Å²) in [4.78, 5) is 11.0. The molecule has 0 saturated carbocycles. The van der Waals surface area contributed by atoms with Crippen molar-refractivity contribution in [2.75, 3.05) is 7.11 Å². The summed E-state index contributed by atoms with van der Waals surface area (Å²) in [6, 6.07) is 0. The second-order valence-electron chi connectivity index (χ2n) is 6.44. The van der Waals surface area contributed by atoms with E-state index in [2.05, 4.69) is 23.8 Å². The summed E-state index contributed by atoms with van der Waals surface area (Å²) in [6.07, 6.45) is 15.5. The lowest BCUT2D eigenvalue weighted by Gasteiger charge is -2.07. The molecule has 134 valence electrons. The SMILES string of the molecule is CCCCC/C=C\[C@H]1O[C@H]1[C@H](O)CCCCCCCC(=O)OC. The predicted octanol–water partition coefficient (Wildman–Crippen LogP) is 4.15. The van der Waals surface area contributed by atoms with Crippen LogP contribution in [0, 0.1) is 0 Å². The van der Waals surface area contributed by atoms with Gasteiger partial charge >= 0.3 is 5.97 Å². The minimum Gasteiger partial charge on any atom is -0.469 e. The normalized spacial score (nSPS) is 21.5. The Morgan fingerprint density at radius 3 is 2.65 bits per heavy atom. The topological polar surface area (TPSA) is 59.1 Å². The molecule has 1 rings (SSSR count). The lowest BCUT2D eigenvalue weighted by Crippen LogP contribution is -2.16. The molecule has 0 aromatic rings. The average molecular weight is 326 g/mol. The van der Waals surface area contributed by atoms with Crippen LogP contribution >= 0.6 is 0 Å². The number of rotatable bonds is 14. The largest absolute Gasteiger partial charge is 0.469 e. The highest BCUT2D eigenvalue weighted by Crippen LogP contribution is 2.29. The van der Waals surface area contributed by atoms with Gasteiger partial charge in [-0.25, -0.2) is 0 Å². The van der Waals surface area contributed by atoms with E-state index in [4.69, 9.17) is 4.74 Å². The van der Waals surface area contributed by atoms with E-state index in [1.807, 2.05) is 0 Å². The van der Waals surface area contributed by atoms with Crippen molar-refractivity contribution < 1.29 is 19.4 Å². The van der Waals surface area contributed by atoms with Crippen molar-refractivity contribution in [3.05, 3.63) is 12.2 Å². The number of esters is 1. The molecule has 1 heterocycles. The Morgan fingerprint density at radius 1 is 1.17 bits per heavy atom. The highest BCUT2D eigenvalue weighted by atomic mass is 16.6. The number of unbranched alkanes of at least 4 members (excludes halogenated alkanes) is 7. The first-order valence-corrected chi connectivity index (χ1v) is 9.26. The number of aliphatic hydroxyl groups excluding tert-OH is 1. The lowest BCUT2D eigenvalue weighted by molar-refractivity contribution is -0.140. The highest BCUT2D eigenvalue weighted by Gasteiger charge is 2.41. The van der Waals surface area contributed by atoms with Crippen molar-refractivity contribution in [3.8, 4) is 0 Å². The summed E-state index contributed by atoms with van der Waals surface area (Å²) in [7, 11) is 1.43.